The molecule has 3 rings (SSSR count). The molecule has 0 spiro atoms. The number of nitrogens with one attached hydrogen (secondary N) is 1. The standard InChI is InChI=1S/C19H23NO3S/c1-15(13-17-7-8-19-18(14-17)9-11-23-19)20-24(21,22)12-10-16-5-3-2-4-6-16/h2-8,14-15,20H,9-13H2,1H3. The van der Waals surface area contributed by atoms with Crippen LogP contribution in [-0.4, -0.2) is 26.8 Å². The summed E-state index contributed by atoms with van der Waals surface area (Å²) in [5, 5.41) is 0. The number of rotatable bonds is 7. The minimum absolute atomic E-state index is 0.110. The Kier molecular flexibility index (Phi) is 5.21. The predicted octanol–water partition coefficient (Wildman–Crippen LogP) is 2.71. The molecule has 0 radical (unpaired) electrons. The van der Waals surface area contributed by atoms with Crippen LogP contribution in [0.4, 0.5) is 0 Å². The maximum absolute atomic E-state index is 12.3. The Morgan fingerprint density at radius 3 is 2.71 bits per heavy atom. The summed E-state index contributed by atoms with van der Waals surface area (Å²) in [7, 11) is -3.29. The molecule has 1 unspecified atom stereocenters. The van der Waals surface area contributed by atoms with Crippen LogP contribution in [0, 0.1) is 0 Å². The molecular formula is C19H23NO3S. The topological polar surface area (TPSA) is 55.4 Å². The molecule has 24 heavy (non-hydrogen) atoms. The Bertz CT molecular complexity index is 788. The van der Waals surface area contributed by atoms with Gasteiger partial charge in [0.15, 0.2) is 0 Å². The largest absolute Gasteiger partial charge is 0.493 e. The van der Waals surface area contributed by atoms with Crippen molar-refractivity contribution in [3.63, 3.8) is 0 Å². The molecule has 1 aliphatic heterocycles. The molecule has 1 heterocycles. The lowest BCUT2D eigenvalue weighted by Gasteiger charge is -2.15. The van der Waals surface area contributed by atoms with Crippen molar-refractivity contribution in [3.8, 4) is 5.75 Å². The number of ether oxygens (including phenoxy) is 1. The van der Waals surface area contributed by atoms with Gasteiger partial charge in [-0.2, -0.15) is 0 Å². The Morgan fingerprint density at radius 1 is 1.12 bits per heavy atom. The Hall–Kier alpha value is -1.85. The molecule has 128 valence electrons. The van der Waals surface area contributed by atoms with Gasteiger partial charge in [0.25, 0.3) is 0 Å². The first-order chi connectivity index (χ1) is 11.5. The first kappa shape index (κ1) is 17.0. The highest BCUT2D eigenvalue weighted by atomic mass is 32.2. The number of fused-ring (bicyclic) bond motifs is 1. The lowest BCUT2D eigenvalue weighted by molar-refractivity contribution is 0.357. The molecule has 0 bridgehead atoms. The second-order valence-corrected chi connectivity index (χ2v) is 8.19. The first-order valence-corrected chi connectivity index (χ1v) is 9.95. The summed E-state index contributed by atoms with van der Waals surface area (Å²) in [6.45, 7) is 2.64. The Balaban J connectivity index is 1.54. The molecule has 0 aliphatic carbocycles. The molecule has 1 N–H and O–H groups in total. The third kappa shape index (κ3) is 4.58. The van der Waals surface area contributed by atoms with Crippen molar-refractivity contribution in [2.24, 2.45) is 0 Å². The Labute approximate surface area is 143 Å². The average molecular weight is 345 g/mol. The number of hydrogen-bond acceptors (Lipinski definition) is 3. The van der Waals surface area contributed by atoms with Gasteiger partial charge in [0.05, 0.1) is 12.4 Å². The van der Waals surface area contributed by atoms with Crippen LogP contribution in [0.25, 0.3) is 0 Å². The van der Waals surface area contributed by atoms with Gasteiger partial charge in [-0.1, -0.05) is 42.5 Å². The van der Waals surface area contributed by atoms with Crippen LogP contribution in [-0.2, 0) is 29.3 Å². The summed E-state index contributed by atoms with van der Waals surface area (Å²) in [4.78, 5) is 0. The molecule has 1 aliphatic rings. The third-order valence-corrected chi connectivity index (χ3v) is 5.68. The first-order valence-electron chi connectivity index (χ1n) is 8.30. The monoisotopic (exact) mass is 345 g/mol. The maximum Gasteiger partial charge on any atom is 0.212 e. The predicted molar refractivity (Wildman–Crippen MR) is 95.9 cm³/mol. The van der Waals surface area contributed by atoms with E-state index in [0.717, 1.165) is 29.9 Å². The van der Waals surface area contributed by atoms with E-state index in [2.05, 4.69) is 10.8 Å². The lowest BCUT2D eigenvalue weighted by atomic mass is 10.0. The fourth-order valence-electron chi connectivity index (χ4n) is 3.02. The summed E-state index contributed by atoms with van der Waals surface area (Å²) in [5.41, 5.74) is 3.39. The van der Waals surface area contributed by atoms with Gasteiger partial charge < -0.3 is 4.74 Å². The van der Waals surface area contributed by atoms with Gasteiger partial charge >= 0.3 is 0 Å². The number of hydrogen-bond donors (Lipinski definition) is 1. The summed E-state index contributed by atoms with van der Waals surface area (Å²) < 4.78 is 32.8. The highest BCUT2D eigenvalue weighted by Gasteiger charge is 2.17. The summed E-state index contributed by atoms with van der Waals surface area (Å²) in [6, 6.07) is 15.7. The van der Waals surface area contributed by atoms with E-state index >= 15 is 0 Å². The van der Waals surface area contributed by atoms with Crippen molar-refractivity contribution in [1.29, 1.82) is 0 Å². The number of aryl methyl sites for hydroxylation is 1. The van der Waals surface area contributed by atoms with Crippen molar-refractivity contribution >= 4 is 10.0 Å². The summed E-state index contributed by atoms with van der Waals surface area (Å²) in [5.74, 6) is 1.06. The quantitative estimate of drug-likeness (QED) is 0.839. The number of sulfonamides is 1. The van der Waals surface area contributed by atoms with Crippen molar-refractivity contribution in [2.75, 3.05) is 12.4 Å². The highest BCUT2D eigenvalue weighted by Crippen LogP contribution is 2.26. The third-order valence-electron chi connectivity index (χ3n) is 4.18. The maximum atomic E-state index is 12.3. The van der Waals surface area contributed by atoms with Crippen LogP contribution in [0.3, 0.4) is 0 Å². The van der Waals surface area contributed by atoms with Crippen molar-refractivity contribution < 1.29 is 13.2 Å². The van der Waals surface area contributed by atoms with E-state index < -0.39 is 10.0 Å². The van der Waals surface area contributed by atoms with Crippen molar-refractivity contribution in [2.45, 2.75) is 32.2 Å². The van der Waals surface area contributed by atoms with Gasteiger partial charge in [0, 0.05) is 12.5 Å². The van der Waals surface area contributed by atoms with Crippen LogP contribution >= 0.6 is 0 Å². The van der Waals surface area contributed by atoms with Crippen LogP contribution < -0.4 is 9.46 Å². The van der Waals surface area contributed by atoms with E-state index in [4.69, 9.17) is 4.74 Å². The fourth-order valence-corrected chi connectivity index (χ4v) is 4.34. The zero-order valence-corrected chi connectivity index (χ0v) is 14.7. The van der Waals surface area contributed by atoms with E-state index in [9.17, 15) is 8.42 Å². The number of benzene rings is 2. The molecule has 1 atom stereocenters. The van der Waals surface area contributed by atoms with Crippen molar-refractivity contribution in [1.82, 2.24) is 4.72 Å². The smallest absolute Gasteiger partial charge is 0.212 e. The second kappa shape index (κ2) is 7.36. The van der Waals surface area contributed by atoms with Gasteiger partial charge in [-0.25, -0.2) is 13.1 Å². The molecule has 2 aromatic carbocycles. The molecule has 0 saturated heterocycles. The zero-order valence-electron chi connectivity index (χ0n) is 13.9. The average Bonchev–Trinajstić information content (AvgIpc) is 3.01. The molecule has 0 saturated carbocycles. The second-order valence-electron chi connectivity index (χ2n) is 6.32. The molecule has 4 nitrogen and oxygen atoms in total. The van der Waals surface area contributed by atoms with E-state index in [1.165, 1.54) is 5.56 Å². The minimum atomic E-state index is -3.29. The lowest BCUT2D eigenvalue weighted by Crippen LogP contribution is -2.36. The van der Waals surface area contributed by atoms with Crippen LogP contribution in [0.15, 0.2) is 48.5 Å². The molecule has 0 amide bonds. The minimum Gasteiger partial charge on any atom is -0.493 e. The molecule has 2 aromatic rings. The van der Waals surface area contributed by atoms with E-state index in [1.807, 2.05) is 49.4 Å². The zero-order chi connectivity index (χ0) is 17.0. The SMILES string of the molecule is CC(Cc1ccc2c(c1)CCO2)NS(=O)(=O)CCc1ccccc1. The molecular weight excluding hydrogens is 322 g/mol. The van der Waals surface area contributed by atoms with Crippen LogP contribution in [0.1, 0.15) is 23.6 Å². The van der Waals surface area contributed by atoms with Gasteiger partial charge in [-0.3, -0.25) is 0 Å². The van der Waals surface area contributed by atoms with Crippen LogP contribution in [0.5, 0.6) is 5.75 Å². The fraction of sp³-hybridized carbons (Fsp3) is 0.368. The summed E-state index contributed by atoms with van der Waals surface area (Å²) in [6.07, 6.45) is 2.14. The van der Waals surface area contributed by atoms with Gasteiger partial charge in [0.2, 0.25) is 10.0 Å². The van der Waals surface area contributed by atoms with Gasteiger partial charge in [-0.05, 0) is 42.5 Å². The van der Waals surface area contributed by atoms with E-state index in [-0.39, 0.29) is 11.8 Å². The molecule has 0 aromatic heterocycles. The van der Waals surface area contributed by atoms with Crippen LogP contribution in [0.2, 0.25) is 0 Å². The normalized spacial score (nSPS) is 14.9. The van der Waals surface area contributed by atoms with Gasteiger partial charge in [0.1, 0.15) is 5.75 Å². The van der Waals surface area contributed by atoms with E-state index in [1.54, 1.807) is 0 Å². The molecule has 0 fully saturated rings. The summed E-state index contributed by atoms with van der Waals surface area (Å²) >= 11 is 0. The highest BCUT2D eigenvalue weighted by molar-refractivity contribution is 7.89. The Morgan fingerprint density at radius 2 is 1.92 bits per heavy atom. The van der Waals surface area contributed by atoms with Gasteiger partial charge in [-0.15, -0.1) is 0 Å². The van der Waals surface area contributed by atoms with Crippen molar-refractivity contribution in [3.05, 3.63) is 65.2 Å². The van der Waals surface area contributed by atoms with E-state index in [0.29, 0.717) is 12.8 Å². The molecule has 5 heteroatoms.